The number of aromatic amines is 1. The quantitative estimate of drug-likeness (QED) is 0.735. The molecule has 0 bridgehead atoms. The molecule has 2 N–H and O–H groups in total. The molecule has 0 spiro atoms. The van der Waals surface area contributed by atoms with Gasteiger partial charge in [0, 0.05) is 34.7 Å². The van der Waals surface area contributed by atoms with Crippen molar-refractivity contribution < 1.29 is 4.79 Å². The van der Waals surface area contributed by atoms with E-state index in [4.69, 9.17) is 0 Å². The van der Waals surface area contributed by atoms with Crippen LogP contribution in [0.1, 0.15) is 27.4 Å². The van der Waals surface area contributed by atoms with Crippen molar-refractivity contribution in [3.63, 3.8) is 0 Å². The van der Waals surface area contributed by atoms with Gasteiger partial charge in [-0.2, -0.15) is 5.10 Å². The summed E-state index contributed by atoms with van der Waals surface area (Å²) in [6.07, 6.45) is 0.781. The Hall–Kier alpha value is -2.08. The Balaban J connectivity index is 1.66. The summed E-state index contributed by atoms with van der Waals surface area (Å²) < 4.78 is 2.86. The Labute approximate surface area is 143 Å². The van der Waals surface area contributed by atoms with Gasteiger partial charge in [-0.25, -0.2) is 0 Å². The highest BCUT2D eigenvalue weighted by atomic mass is 79.9. The van der Waals surface area contributed by atoms with Gasteiger partial charge in [-0.05, 0) is 44.0 Å². The molecule has 0 aliphatic carbocycles. The minimum absolute atomic E-state index is 0.0866. The van der Waals surface area contributed by atoms with Crippen molar-refractivity contribution in [3.8, 4) is 0 Å². The van der Waals surface area contributed by atoms with Crippen LogP contribution in [0.2, 0.25) is 0 Å². The maximum Gasteiger partial charge on any atom is 0.267 e. The standard InChI is InChI=1S/C17H19BrN4O/c1-10-14(11(2)22(3)21-10)6-7-19-17(23)16-8-12-4-5-13(18)9-15(12)20-16/h4-5,8-9,20H,6-7H2,1-3H3,(H,19,23). The van der Waals surface area contributed by atoms with E-state index in [1.165, 1.54) is 5.56 Å². The number of halogens is 1. The molecule has 1 aromatic carbocycles. The fraction of sp³-hybridized carbons (Fsp3) is 0.294. The van der Waals surface area contributed by atoms with Crippen LogP contribution < -0.4 is 5.32 Å². The van der Waals surface area contributed by atoms with Crippen molar-refractivity contribution in [2.24, 2.45) is 7.05 Å². The number of nitrogens with zero attached hydrogens (tertiary/aromatic N) is 2. The summed E-state index contributed by atoms with van der Waals surface area (Å²) in [6, 6.07) is 7.78. The zero-order chi connectivity index (χ0) is 16.6. The van der Waals surface area contributed by atoms with Gasteiger partial charge in [0.25, 0.3) is 5.91 Å². The summed E-state index contributed by atoms with van der Waals surface area (Å²) in [4.78, 5) is 15.4. The molecule has 0 aliphatic rings. The van der Waals surface area contributed by atoms with E-state index < -0.39 is 0 Å². The van der Waals surface area contributed by atoms with E-state index in [-0.39, 0.29) is 5.91 Å². The first-order chi connectivity index (χ1) is 11.0. The molecule has 0 atom stereocenters. The van der Waals surface area contributed by atoms with E-state index in [0.29, 0.717) is 12.2 Å². The third kappa shape index (κ3) is 3.17. The normalized spacial score (nSPS) is 11.1. The Kier molecular flexibility index (Phi) is 4.26. The van der Waals surface area contributed by atoms with E-state index in [0.717, 1.165) is 33.2 Å². The van der Waals surface area contributed by atoms with E-state index in [9.17, 15) is 4.79 Å². The molecule has 0 saturated heterocycles. The van der Waals surface area contributed by atoms with E-state index in [1.807, 2.05) is 49.8 Å². The molecule has 0 saturated carbocycles. The molecule has 3 aromatic rings. The Morgan fingerprint density at radius 2 is 2.13 bits per heavy atom. The summed E-state index contributed by atoms with van der Waals surface area (Å²) in [7, 11) is 1.94. The summed E-state index contributed by atoms with van der Waals surface area (Å²) in [5.74, 6) is -0.0866. The average Bonchev–Trinajstić information content (AvgIpc) is 3.02. The molecular formula is C17H19BrN4O. The second kappa shape index (κ2) is 6.20. The number of H-pyrrole nitrogens is 1. The van der Waals surface area contributed by atoms with Crippen molar-refractivity contribution >= 4 is 32.7 Å². The highest BCUT2D eigenvalue weighted by molar-refractivity contribution is 9.10. The predicted octanol–water partition coefficient (Wildman–Crippen LogP) is 3.25. The van der Waals surface area contributed by atoms with Gasteiger partial charge in [-0.15, -0.1) is 0 Å². The minimum Gasteiger partial charge on any atom is -0.350 e. The lowest BCUT2D eigenvalue weighted by Crippen LogP contribution is -2.26. The molecule has 5 nitrogen and oxygen atoms in total. The Morgan fingerprint density at radius 3 is 2.83 bits per heavy atom. The summed E-state index contributed by atoms with van der Waals surface area (Å²) in [5, 5.41) is 8.39. The van der Waals surface area contributed by atoms with E-state index in [2.05, 4.69) is 31.3 Å². The lowest BCUT2D eigenvalue weighted by molar-refractivity contribution is 0.0950. The van der Waals surface area contributed by atoms with Gasteiger partial charge in [-0.3, -0.25) is 9.48 Å². The van der Waals surface area contributed by atoms with Crippen LogP contribution in [-0.4, -0.2) is 27.2 Å². The van der Waals surface area contributed by atoms with Gasteiger partial charge >= 0.3 is 0 Å². The zero-order valence-corrected chi connectivity index (χ0v) is 15.0. The molecule has 2 aromatic heterocycles. The van der Waals surface area contributed by atoms with E-state index >= 15 is 0 Å². The topological polar surface area (TPSA) is 62.7 Å². The van der Waals surface area contributed by atoms with Gasteiger partial charge in [-0.1, -0.05) is 22.0 Å². The maximum atomic E-state index is 12.3. The smallest absolute Gasteiger partial charge is 0.267 e. The molecule has 0 unspecified atom stereocenters. The van der Waals surface area contributed by atoms with Crippen LogP contribution in [0.3, 0.4) is 0 Å². The van der Waals surface area contributed by atoms with E-state index in [1.54, 1.807) is 0 Å². The van der Waals surface area contributed by atoms with Crippen LogP contribution in [0.5, 0.6) is 0 Å². The minimum atomic E-state index is -0.0866. The SMILES string of the molecule is Cc1nn(C)c(C)c1CCNC(=O)c1cc2ccc(Br)cc2[nH]1. The van der Waals surface area contributed by atoms with Crippen molar-refractivity contribution in [2.75, 3.05) is 6.54 Å². The zero-order valence-electron chi connectivity index (χ0n) is 13.4. The van der Waals surface area contributed by atoms with Crippen molar-refractivity contribution in [1.82, 2.24) is 20.1 Å². The second-order valence-corrected chi connectivity index (χ2v) is 6.61. The van der Waals surface area contributed by atoms with Crippen LogP contribution in [0.4, 0.5) is 0 Å². The van der Waals surface area contributed by atoms with Crippen LogP contribution in [0.25, 0.3) is 10.9 Å². The number of aromatic nitrogens is 3. The number of carbonyl (C=O) groups excluding carboxylic acids is 1. The lowest BCUT2D eigenvalue weighted by Gasteiger charge is -2.04. The summed E-state index contributed by atoms with van der Waals surface area (Å²) in [5.41, 5.74) is 4.90. The number of nitrogens with one attached hydrogen (secondary N) is 2. The highest BCUT2D eigenvalue weighted by Crippen LogP contribution is 2.20. The fourth-order valence-corrected chi connectivity index (χ4v) is 3.16. The Bertz CT molecular complexity index is 878. The van der Waals surface area contributed by atoms with Gasteiger partial charge in [0.15, 0.2) is 0 Å². The summed E-state index contributed by atoms with van der Waals surface area (Å²) in [6.45, 7) is 4.64. The number of fused-ring (bicyclic) bond motifs is 1. The number of rotatable bonds is 4. The van der Waals surface area contributed by atoms with Gasteiger partial charge in [0.2, 0.25) is 0 Å². The largest absolute Gasteiger partial charge is 0.350 e. The van der Waals surface area contributed by atoms with Crippen LogP contribution in [0.15, 0.2) is 28.7 Å². The summed E-state index contributed by atoms with van der Waals surface area (Å²) >= 11 is 3.43. The van der Waals surface area contributed by atoms with Crippen LogP contribution >= 0.6 is 15.9 Å². The monoisotopic (exact) mass is 374 g/mol. The number of benzene rings is 1. The Morgan fingerprint density at radius 1 is 1.35 bits per heavy atom. The van der Waals surface area contributed by atoms with Crippen molar-refractivity contribution in [1.29, 1.82) is 0 Å². The highest BCUT2D eigenvalue weighted by Gasteiger charge is 2.12. The molecule has 1 amide bonds. The molecule has 0 radical (unpaired) electrons. The number of carbonyl (C=O) groups is 1. The molecule has 23 heavy (non-hydrogen) atoms. The van der Waals surface area contributed by atoms with Gasteiger partial charge in [0.1, 0.15) is 5.69 Å². The van der Waals surface area contributed by atoms with Gasteiger partial charge < -0.3 is 10.3 Å². The molecule has 120 valence electrons. The first-order valence-electron chi connectivity index (χ1n) is 7.51. The molecule has 0 aliphatic heterocycles. The molecule has 3 rings (SSSR count). The first-order valence-corrected chi connectivity index (χ1v) is 8.30. The van der Waals surface area contributed by atoms with Crippen LogP contribution in [0, 0.1) is 13.8 Å². The lowest BCUT2D eigenvalue weighted by atomic mass is 10.1. The third-order valence-corrected chi connectivity index (χ3v) is 4.64. The van der Waals surface area contributed by atoms with Crippen LogP contribution in [-0.2, 0) is 13.5 Å². The number of hydrogen-bond acceptors (Lipinski definition) is 2. The number of amides is 1. The number of aryl methyl sites for hydroxylation is 2. The first kappa shape index (κ1) is 15.8. The fourth-order valence-electron chi connectivity index (χ4n) is 2.80. The average molecular weight is 375 g/mol. The third-order valence-electron chi connectivity index (χ3n) is 4.15. The maximum absolute atomic E-state index is 12.3. The number of hydrogen-bond donors (Lipinski definition) is 2. The molecular weight excluding hydrogens is 356 g/mol. The van der Waals surface area contributed by atoms with Crippen molar-refractivity contribution in [2.45, 2.75) is 20.3 Å². The molecule has 2 heterocycles. The molecule has 6 heteroatoms. The predicted molar refractivity (Wildman–Crippen MR) is 94.7 cm³/mol. The van der Waals surface area contributed by atoms with Crippen molar-refractivity contribution in [3.05, 3.63) is 51.4 Å². The second-order valence-electron chi connectivity index (χ2n) is 5.69. The molecule has 0 fully saturated rings. The van der Waals surface area contributed by atoms with Gasteiger partial charge in [0.05, 0.1) is 5.69 Å².